The summed E-state index contributed by atoms with van der Waals surface area (Å²) in [6.45, 7) is 5.28. The fraction of sp³-hybridized carbons (Fsp3) is 0.700. The highest BCUT2D eigenvalue weighted by molar-refractivity contribution is 6.20. The number of hydrogen-bond acceptors (Lipinski definition) is 2. The molecule has 0 bridgehead atoms. The van der Waals surface area contributed by atoms with E-state index in [-0.39, 0.29) is 0 Å². The highest BCUT2D eigenvalue weighted by Crippen LogP contribution is 2.45. The monoisotopic (exact) mass is 333 g/mol. The van der Waals surface area contributed by atoms with E-state index in [0.717, 1.165) is 38.1 Å². The lowest BCUT2D eigenvalue weighted by molar-refractivity contribution is -0.0219. The Hall–Kier alpha value is -0.570. The second-order valence-electron chi connectivity index (χ2n) is 7.71. The standard InChI is InChI=1S/C20H28ClNO/c1-14-13-22(9-10-23-14)20-12-19(20)16-7-5-15(6-8-16)17-3-2-4-18(21)11-17/h5-8,14,17-20H,2-4,9-13H2,1H3. The number of rotatable bonds is 3. The molecule has 0 spiro atoms. The van der Waals surface area contributed by atoms with E-state index in [9.17, 15) is 0 Å². The highest BCUT2D eigenvalue weighted by Gasteiger charge is 2.43. The van der Waals surface area contributed by atoms with Gasteiger partial charge in [-0.25, -0.2) is 0 Å². The van der Waals surface area contributed by atoms with Crippen LogP contribution in [0.5, 0.6) is 0 Å². The molecule has 23 heavy (non-hydrogen) atoms. The maximum atomic E-state index is 6.35. The topological polar surface area (TPSA) is 12.5 Å². The molecule has 2 aliphatic carbocycles. The molecule has 1 aliphatic heterocycles. The molecule has 1 aromatic rings. The van der Waals surface area contributed by atoms with Crippen LogP contribution in [0, 0.1) is 0 Å². The Kier molecular flexibility index (Phi) is 4.67. The predicted octanol–water partition coefficient (Wildman–Crippen LogP) is 4.53. The minimum Gasteiger partial charge on any atom is -0.376 e. The van der Waals surface area contributed by atoms with Crippen LogP contribution < -0.4 is 0 Å². The molecule has 1 aromatic carbocycles. The molecule has 0 amide bonds. The molecule has 2 nitrogen and oxygen atoms in total. The normalized spacial score (nSPS) is 38.4. The van der Waals surface area contributed by atoms with Crippen LogP contribution in [0.15, 0.2) is 24.3 Å². The van der Waals surface area contributed by atoms with Gasteiger partial charge in [-0.05, 0) is 49.7 Å². The highest BCUT2D eigenvalue weighted by atomic mass is 35.5. The Balaban J connectivity index is 1.37. The molecule has 5 atom stereocenters. The van der Waals surface area contributed by atoms with Gasteiger partial charge in [0.1, 0.15) is 0 Å². The first kappa shape index (κ1) is 15.9. The smallest absolute Gasteiger partial charge is 0.0674 e. The van der Waals surface area contributed by atoms with Gasteiger partial charge in [0.25, 0.3) is 0 Å². The van der Waals surface area contributed by atoms with Crippen molar-refractivity contribution >= 4 is 11.6 Å². The summed E-state index contributed by atoms with van der Waals surface area (Å²) in [4.78, 5) is 2.63. The summed E-state index contributed by atoms with van der Waals surface area (Å²) in [6.07, 6.45) is 6.64. The van der Waals surface area contributed by atoms with E-state index in [0.29, 0.717) is 17.4 Å². The molecule has 3 aliphatic rings. The zero-order chi connectivity index (χ0) is 15.8. The van der Waals surface area contributed by atoms with Crippen molar-refractivity contribution in [3.63, 3.8) is 0 Å². The van der Waals surface area contributed by atoms with E-state index in [4.69, 9.17) is 16.3 Å². The lowest BCUT2D eigenvalue weighted by atomic mass is 9.83. The lowest BCUT2D eigenvalue weighted by Gasteiger charge is -2.31. The number of nitrogens with zero attached hydrogens (tertiary/aromatic N) is 1. The Labute approximate surface area is 145 Å². The zero-order valence-electron chi connectivity index (χ0n) is 14.1. The zero-order valence-corrected chi connectivity index (χ0v) is 14.8. The lowest BCUT2D eigenvalue weighted by Crippen LogP contribution is -2.42. The van der Waals surface area contributed by atoms with Crippen LogP contribution in [-0.4, -0.2) is 42.1 Å². The van der Waals surface area contributed by atoms with Gasteiger partial charge < -0.3 is 4.74 Å². The van der Waals surface area contributed by atoms with Crippen LogP contribution in [0.25, 0.3) is 0 Å². The van der Waals surface area contributed by atoms with Gasteiger partial charge in [0.2, 0.25) is 0 Å². The van der Waals surface area contributed by atoms with E-state index >= 15 is 0 Å². The summed E-state index contributed by atoms with van der Waals surface area (Å²) in [5.41, 5.74) is 3.02. The van der Waals surface area contributed by atoms with Crippen molar-refractivity contribution < 1.29 is 4.74 Å². The average Bonchev–Trinajstić information content (AvgIpc) is 3.36. The molecular formula is C20H28ClNO. The summed E-state index contributed by atoms with van der Waals surface area (Å²) < 4.78 is 5.67. The quantitative estimate of drug-likeness (QED) is 0.754. The van der Waals surface area contributed by atoms with Gasteiger partial charge >= 0.3 is 0 Å². The van der Waals surface area contributed by atoms with E-state index < -0.39 is 0 Å². The number of halogens is 1. The minimum atomic E-state index is 0.379. The van der Waals surface area contributed by atoms with Crippen LogP contribution in [0.4, 0.5) is 0 Å². The number of alkyl halides is 1. The Morgan fingerprint density at radius 3 is 2.61 bits per heavy atom. The van der Waals surface area contributed by atoms with Crippen LogP contribution in [-0.2, 0) is 4.74 Å². The van der Waals surface area contributed by atoms with Gasteiger partial charge in [0, 0.05) is 30.4 Å². The molecule has 0 radical (unpaired) electrons. The molecule has 0 aromatic heterocycles. The van der Waals surface area contributed by atoms with Gasteiger partial charge in [0.05, 0.1) is 12.7 Å². The van der Waals surface area contributed by atoms with Crippen molar-refractivity contribution in [3.05, 3.63) is 35.4 Å². The molecule has 0 N–H and O–H groups in total. The van der Waals surface area contributed by atoms with Gasteiger partial charge in [-0.1, -0.05) is 30.7 Å². The van der Waals surface area contributed by atoms with Gasteiger partial charge in [0.15, 0.2) is 0 Å². The number of hydrogen-bond donors (Lipinski definition) is 0. The molecule has 3 heteroatoms. The van der Waals surface area contributed by atoms with E-state index in [1.165, 1.54) is 36.8 Å². The van der Waals surface area contributed by atoms with Crippen LogP contribution in [0.3, 0.4) is 0 Å². The largest absolute Gasteiger partial charge is 0.376 e. The van der Waals surface area contributed by atoms with Crippen molar-refractivity contribution in [1.29, 1.82) is 0 Å². The first-order valence-corrected chi connectivity index (χ1v) is 9.74. The van der Waals surface area contributed by atoms with Crippen molar-refractivity contribution in [2.45, 2.75) is 68.4 Å². The summed E-state index contributed by atoms with van der Waals surface area (Å²) >= 11 is 6.35. The second-order valence-corrected chi connectivity index (χ2v) is 8.33. The predicted molar refractivity (Wildman–Crippen MR) is 95.4 cm³/mol. The number of benzene rings is 1. The molecule has 1 saturated heterocycles. The van der Waals surface area contributed by atoms with Crippen molar-refractivity contribution in [2.75, 3.05) is 19.7 Å². The Morgan fingerprint density at radius 2 is 1.87 bits per heavy atom. The van der Waals surface area contributed by atoms with Crippen LogP contribution in [0.1, 0.15) is 62.0 Å². The van der Waals surface area contributed by atoms with Gasteiger partial charge in [-0.15, -0.1) is 11.6 Å². The first-order valence-electron chi connectivity index (χ1n) is 9.30. The third-order valence-electron chi connectivity index (χ3n) is 5.94. The van der Waals surface area contributed by atoms with E-state index in [1.54, 1.807) is 0 Å². The summed E-state index contributed by atoms with van der Waals surface area (Å²) in [6, 6.07) is 10.2. The van der Waals surface area contributed by atoms with E-state index in [2.05, 4.69) is 36.1 Å². The molecule has 5 unspecified atom stereocenters. The maximum Gasteiger partial charge on any atom is 0.0674 e. The van der Waals surface area contributed by atoms with Crippen LogP contribution in [0.2, 0.25) is 0 Å². The minimum absolute atomic E-state index is 0.379. The number of morpholine rings is 1. The molecule has 4 rings (SSSR count). The summed E-state index contributed by atoms with van der Waals surface area (Å²) in [7, 11) is 0. The van der Waals surface area contributed by atoms with Gasteiger partial charge in [-0.2, -0.15) is 0 Å². The van der Waals surface area contributed by atoms with Crippen molar-refractivity contribution in [3.8, 4) is 0 Å². The van der Waals surface area contributed by atoms with E-state index in [1.807, 2.05) is 0 Å². The third kappa shape index (κ3) is 3.60. The molecular weight excluding hydrogens is 306 g/mol. The fourth-order valence-electron chi connectivity index (χ4n) is 4.54. The van der Waals surface area contributed by atoms with Crippen LogP contribution >= 0.6 is 11.6 Å². The van der Waals surface area contributed by atoms with Gasteiger partial charge in [-0.3, -0.25) is 4.90 Å². The Bertz CT molecular complexity index is 531. The average molecular weight is 334 g/mol. The Morgan fingerprint density at radius 1 is 1.09 bits per heavy atom. The molecule has 3 fully saturated rings. The van der Waals surface area contributed by atoms with Crippen molar-refractivity contribution in [2.24, 2.45) is 0 Å². The second kappa shape index (κ2) is 6.74. The number of ether oxygens (including phenoxy) is 1. The molecule has 126 valence electrons. The molecule has 1 heterocycles. The molecule has 2 saturated carbocycles. The first-order chi connectivity index (χ1) is 11.2. The maximum absolute atomic E-state index is 6.35. The SMILES string of the molecule is CC1CN(C2CC2c2ccc(C3CCCC(Cl)C3)cc2)CCO1. The summed E-state index contributed by atoms with van der Waals surface area (Å²) in [5, 5.41) is 0.379. The summed E-state index contributed by atoms with van der Waals surface area (Å²) in [5.74, 6) is 1.41. The fourth-order valence-corrected chi connectivity index (χ4v) is 4.91. The third-order valence-corrected chi connectivity index (χ3v) is 6.34. The van der Waals surface area contributed by atoms with Crippen molar-refractivity contribution in [1.82, 2.24) is 4.90 Å².